The van der Waals surface area contributed by atoms with Gasteiger partial charge in [0.25, 0.3) is 0 Å². The summed E-state index contributed by atoms with van der Waals surface area (Å²) in [6.07, 6.45) is 0. The van der Waals surface area contributed by atoms with Crippen LogP contribution in [0.25, 0.3) is 0 Å². The van der Waals surface area contributed by atoms with Gasteiger partial charge in [-0.25, -0.2) is 0 Å². The smallest absolute Gasteiger partial charge is 0.142 e. The van der Waals surface area contributed by atoms with Crippen molar-refractivity contribution in [1.29, 1.82) is 0 Å². The zero-order chi connectivity index (χ0) is 13.0. The van der Waals surface area contributed by atoms with Gasteiger partial charge in [0, 0.05) is 12.2 Å². The maximum Gasteiger partial charge on any atom is 0.142 e. The van der Waals surface area contributed by atoms with Crippen LogP contribution in [0, 0.1) is 13.8 Å². The third-order valence-corrected chi connectivity index (χ3v) is 2.74. The van der Waals surface area contributed by atoms with E-state index in [1.165, 1.54) is 5.56 Å². The van der Waals surface area contributed by atoms with Gasteiger partial charge in [-0.1, -0.05) is 29.8 Å². The van der Waals surface area contributed by atoms with E-state index in [4.69, 9.17) is 10.5 Å². The highest BCUT2D eigenvalue weighted by molar-refractivity contribution is 5.30. The molecule has 3 heteroatoms. The summed E-state index contributed by atoms with van der Waals surface area (Å²) >= 11 is 0. The standard InChI is InChI=1S/C15H18N2O/c1-11-4-3-5-13(8-11)10-18-15-7-6-12(2)17-14(15)9-16/h3-8H,9-10,16H2,1-2H3. The Morgan fingerprint density at radius 3 is 2.72 bits per heavy atom. The molecule has 1 heterocycles. The minimum absolute atomic E-state index is 0.394. The number of ether oxygens (including phenoxy) is 1. The van der Waals surface area contributed by atoms with Crippen molar-refractivity contribution in [2.75, 3.05) is 0 Å². The molecule has 2 rings (SSSR count). The topological polar surface area (TPSA) is 48.1 Å². The van der Waals surface area contributed by atoms with Crippen molar-refractivity contribution < 1.29 is 4.74 Å². The second kappa shape index (κ2) is 5.65. The van der Waals surface area contributed by atoms with Gasteiger partial charge in [-0.05, 0) is 31.5 Å². The lowest BCUT2D eigenvalue weighted by atomic mass is 10.1. The summed E-state index contributed by atoms with van der Waals surface area (Å²) in [5.41, 5.74) is 9.82. The second-order valence-electron chi connectivity index (χ2n) is 4.38. The first-order valence-corrected chi connectivity index (χ1v) is 6.04. The Hall–Kier alpha value is -1.87. The van der Waals surface area contributed by atoms with Crippen LogP contribution in [-0.2, 0) is 13.2 Å². The van der Waals surface area contributed by atoms with Crippen LogP contribution < -0.4 is 10.5 Å². The summed E-state index contributed by atoms with van der Waals surface area (Å²) in [7, 11) is 0. The van der Waals surface area contributed by atoms with Crippen molar-refractivity contribution in [1.82, 2.24) is 4.98 Å². The predicted molar refractivity (Wildman–Crippen MR) is 72.4 cm³/mol. The normalized spacial score (nSPS) is 10.4. The van der Waals surface area contributed by atoms with E-state index in [0.717, 1.165) is 22.7 Å². The van der Waals surface area contributed by atoms with Crippen molar-refractivity contribution in [2.45, 2.75) is 27.0 Å². The third kappa shape index (κ3) is 3.08. The molecular formula is C15H18N2O. The van der Waals surface area contributed by atoms with Crippen LogP contribution in [0.15, 0.2) is 36.4 Å². The lowest BCUT2D eigenvalue weighted by molar-refractivity contribution is 0.301. The minimum atomic E-state index is 0.394. The Morgan fingerprint density at radius 1 is 1.17 bits per heavy atom. The number of hydrogen-bond donors (Lipinski definition) is 1. The number of aryl methyl sites for hydroxylation is 2. The molecule has 0 aliphatic carbocycles. The second-order valence-corrected chi connectivity index (χ2v) is 4.38. The van der Waals surface area contributed by atoms with Gasteiger partial charge in [0.1, 0.15) is 12.4 Å². The molecule has 0 spiro atoms. The molecule has 0 aliphatic heterocycles. The molecule has 0 atom stereocenters. The molecule has 0 radical (unpaired) electrons. The van der Waals surface area contributed by atoms with Crippen molar-refractivity contribution in [2.24, 2.45) is 5.73 Å². The number of hydrogen-bond acceptors (Lipinski definition) is 3. The molecule has 0 unspecified atom stereocenters. The number of nitrogens with two attached hydrogens (primary N) is 1. The van der Waals surface area contributed by atoms with Crippen molar-refractivity contribution in [3.05, 3.63) is 58.9 Å². The average Bonchev–Trinajstić information content (AvgIpc) is 2.37. The summed E-state index contributed by atoms with van der Waals surface area (Å²) in [6, 6.07) is 12.1. The summed E-state index contributed by atoms with van der Waals surface area (Å²) < 4.78 is 5.78. The number of pyridine rings is 1. The SMILES string of the molecule is Cc1cccc(COc2ccc(C)nc2CN)c1. The highest BCUT2D eigenvalue weighted by atomic mass is 16.5. The van der Waals surface area contributed by atoms with E-state index < -0.39 is 0 Å². The van der Waals surface area contributed by atoms with Crippen LogP contribution in [0.2, 0.25) is 0 Å². The molecule has 2 aromatic rings. The lowest BCUT2D eigenvalue weighted by Crippen LogP contribution is -2.05. The van der Waals surface area contributed by atoms with Crippen LogP contribution >= 0.6 is 0 Å². The van der Waals surface area contributed by atoms with Crippen LogP contribution in [0.3, 0.4) is 0 Å². The van der Waals surface area contributed by atoms with Gasteiger partial charge in [-0.3, -0.25) is 4.98 Å². The minimum Gasteiger partial charge on any atom is -0.487 e. The van der Waals surface area contributed by atoms with E-state index in [-0.39, 0.29) is 0 Å². The maximum absolute atomic E-state index is 5.78. The Morgan fingerprint density at radius 2 is 2.00 bits per heavy atom. The van der Waals surface area contributed by atoms with Crippen LogP contribution in [0.4, 0.5) is 0 Å². The maximum atomic E-state index is 5.78. The summed E-state index contributed by atoms with van der Waals surface area (Å²) in [5, 5.41) is 0. The molecule has 2 N–H and O–H groups in total. The number of benzene rings is 1. The van der Waals surface area contributed by atoms with E-state index in [0.29, 0.717) is 13.2 Å². The van der Waals surface area contributed by atoms with Gasteiger partial charge in [0.05, 0.1) is 5.69 Å². The lowest BCUT2D eigenvalue weighted by Gasteiger charge is -2.10. The highest BCUT2D eigenvalue weighted by Gasteiger charge is 2.04. The van der Waals surface area contributed by atoms with E-state index >= 15 is 0 Å². The van der Waals surface area contributed by atoms with Crippen LogP contribution in [-0.4, -0.2) is 4.98 Å². The molecular weight excluding hydrogens is 224 g/mol. The fourth-order valence-electron chi connectivity index (χ4n) is 1.84. The zero-order valence-corrected chi connectivity index (χ0v) is 10.8. The number of aromatic nitrogens is 1. The van der Waals surface area contributed by atoms with E-state index in [9.17, 15) is 0 Å². The highest BCUT2D eigenvalue weighted by Crippen LogP contribution is 2.18. The molecule has 0 amide bonds. The molecule has 0 fully saturated rings. The first kappa shape index (κ1) is 12.6. The van der Waals surface area contributed by atoms with Gasteiger partial charge in [-0.2, -0.15) is 0 Å². The van der Waals surface area contributed by atoms with Gasteiger partial charge in [0.2, 0.25) is 0 Å². The quantitative estimate of drug-likeness (QED) is 0.896. The molecule has 94 valence electrons. The van der Waals surface area contributed by atoms with Crippen LogP contribution in [0.5, 0.6) is 5.75 Å². The predicted octanol–water partition coefficient (Wildman–Crippen LogP) is 2.74. The Bertz CT molecular complexity index is 538. The largest absolute Gasteiger partial charge is 0.487 e. The van der Waals surface area contributed by atoms with Gasteiger partial charge in [-0.15, -0.1) is 0 Å². The fraction of sp³-hybridized carbons (Fsp3) is 0.267. The molecule has 0 saturated carbocycles. The fourth-order valence-corrected chi connectivity index (χ4v) is 1.84. The average molecular weight is 242 g/mol. The molecule has 3 nitrogen and oxygen atoms in total. The van der Waals surface area contributed by atoms with Gasteiger partial charge in [0.15, 0.2) is 0 Å². The summed E-state index contributed by atoms with van der Waals surface area (Å²) in [4.78, 5) is 4.37. The Labute approximate surface area is 108 Å². The first-order chi connectivity index (χ1) is 8.69. The van der Waals surface area contributed by atoms with E-state index in [1.54, 1.807) is 0 Å². The van der Waals surface area contributed by atoms with Crippen molar-refractivity contribution in [3.8, 4) is 5.75 Å². The molecule has 0 bridgehead atoms. The monoisotopic (exact) mass is 242 g/mol. The third-order valence-electron chi connectivity index (χ3n) is 2.74. The molecule has 0 saturated heterocycles. The van der Waals surface area contributed by atoms with Gasteiger partial charge < -0.3 is 10.5 Å². The molecule has 0 aliphatic rings. The van der Waals surface area contributed by atoms with Crippen molar-refractivity contribution in [3.63, 3.8) is 0 Å². The molecule has 1 aromatic heterocycles. The van der Waals surface area contributed by atoms with Gasteiger partial charge >= 0.3 is 0 Å². The number of rotatable bonds is 4. The zero-order valence-electron chi connectivity index (χ0n) is 10.8. The van der Waals surface area contributed by atoms with Crippen molar-refractivity contribution >= 4 is 0 Å². The Kier molecular flexibility index (Phi) is 3.95. The first-order valence-electron chi connectivity index (χ1n) is 6.04. The molecule has 1 aromatic carbocycles. The van der Waals surface area contributed by atoms with E-state index in [2.05, 4.69) is 30.1 Å². The molecule has 18 heavy (non-hydrogen) atoms. The Balaban J connectivity index is 2.10. The number of nitrogens with zero attached hydrogens (tertiary/aromatic N) is 1. The van der Waals surface area contributed by atoms with Crippen LogP contribution in [0.1, 0.15) is 22.5 Å². The summed E-state index contributed by atoms with van der Waals surface area (Å²) in [6.45, 7) is 4.95. The van der Waals surface area contributed by atoms with E-state index in [1.807, 2.05) is 25.1 Å². The summed E-state index contributed by atoms with van der Waals surface area (Å²) in [5.74, 6) is 0.768.